The Morgan fingerprint density at radius 1 is 1.09 bits per heavy atom. The number of alkyl halides is 3. The van der Waals surface area contributed by atoms with E-state index in [1.54, 1.807) is 18.2 Å². The van der Waals surface area contributed by atoms with Gasteiger partial charge in [0.1, 0.15) is 17.5 Å². The number of ketones is 1. The SMILES string of the molecule is COc1cc2ccccc2c(O[C@@H]2C[C@H]3C(=O)C[C@]4(C(=O)NS(=O)(=O)C5(CF)CC5)C[C@H]4/C=C\CC[C@@H](C)C[C@@H](C)C(CC(=O)OC(C)(C)C(C)(F)F)C(=O)N3C2)n1. The molecule has 1 unspecified atom stereocenters. The number of halogens is 3. The van der Waals surface area contributed by atoms with Crippen molar-refractivity contribution in [1.29, 1.82) is 0 Å². The minimum absolute atomic E-state index is 0.0315. The first-order chi connectivity index (χ1) is 27.2. The number of ether oxygens (including phenoxy) is 3. The molecule has 2 amide bonds. The molecule has 3 fully saturated rings. The van der Waals surface area contributed by atoms with Gasteiger partial charge in [-0.15, -0.1) is 0 Å². The van der Waals surface area contributed by atoms with Crippen molar-refractivity contribution in [2.75, 3.05) is 20.3 Å². The number of nitrogens with zero attached hydrogens (tertiary/aromatic N) is 2. The highest BCUT2D eigenvalue weighted by molar-refractivity contribution is 7.91. The van der Waals surface area contributed by atoms with Crippen molar-refractivity contribution in [2.45, 2.75) is 121 Å². The van der Waals surface area contributed by atoms with Crippen molar-refractivity contribution in [2.24, 2.45) is 29.1 Å². The number of benzene rings is 1. The monoisotopic (exact) mass is 833 g/mol. The number of carbonyl (C=O) groups excluding carboxylic acids is 4. The van der Waals surface area contributed by atoms with E-state index in [-0.39, 0.29) is 49.9 Å². The first-order valence-electron chi connectivity index (χ1n) is 20.0. The molecule has 1 aromatic carbocycles. The third-order valence-corrected chi connectivity index (χ3v) is 14.9. The van der Waals surface area contributed by atoms with E-state index in [2.05, 4.69) is 9.71 Å². The van der Waals surface area contributed by atoms with Gasteiger partial charge in [0.25, 0.3) is 5.92 Å². The fraction of sp³-hybridized carbons (Fsp3) is 0.643. The first kappa shape index (κ1) is 43.4. The van der Waals surface area contributed by atoms with Crippen molar-refractivity contribution in [1.82, 2.24) is 14.6 Å². The van der Waals surface area contributed by atoms with E-state index in [0.29, 0.717) is 31.6 Å². The van der Waals surface area contributed by atoms with Crippen LogP contribution in [0.25, 0.3) is 10.8 Å². The van der Waals surface area contributed by atoms with E-state index in [1.807, 2.05) is 38.1 Å². The highest BCUT2D eigenvalue weighted by atomic mass is 32.2. The van der Waals surface area contributed by atoms with E-state index in [1.165, 1.54) is 12.0 Å². The molecule has 318 valence electrons. The van der Waals surface area contributed by atoms with Crippen LogP contribution >= 0.6 is 0 Å². The molecule has 2 aliphatic heterocycles. The van der Waals surface area contributed by atoms with Gasteiger partial charge in [0.15, 0.2) is 11.4 Å². The molecule has 1 aromatic heterocycles. The number of fused-ring (bicyclic) bond motifs is 3. The molecule has 0 bridgehead atoms. The van der Waals surface area contributed by atoms with E-state index >= 15 is 0 Å². The molecule has 2 aromatic rings. The molecule has 1 N–H and O–H groups in total. The van der Waals surface area contributed by atoms with Crippen molar-refractivity contribution in [3.8, 4) is 11.8 Å². The van der Waals surface area contributed by atoms with Gasteiger partial charge in [0, 0.05) is 31.2 Å². The molecule has 0 radical (unpaired) electrons. The Labute approximate surface area is 337 Å². The van der Waals surface area contributed by atoms with Crippen LogP contribution in [0.2, 0.25) is 0 Å². The number of pyridine rings is 1. The summed E-state index contributed by atoms with van der Waals surface area (Å²) in [5.74, 6) is -7.88. The number of allylic oxidation sites excluding steroid dienone is 2. The van der Waals surface area contributed by atoms with Gasteiger partial charge in [0.2, 0.25) is 33.6 Å². The van der Waals surface area contributed by atoms with E-state index < -0.39 is 105 Å². The van der Waals surface area contributed by atoms with Gasteiger partial charge in [0.05, 0.1) is 37.5 Å². The summed E-state index contributed by atoms with van der Waals surface area (Å²) in [5, 5.41) is 1.41. The Morgan fingerprint density at radius 3 is 2.45 bits per heavy atom. The van der Waals surface area contributed by atoms with Gasteiger partial charge in [-0.3, -0.25) is 23.9 Å². The van der Waals surface area contributed by atoms with Crippen LogP contribution in [0.3, 0.4) is 0 Å². The minimum Gasteiger partial charge on any atom is -0.481 e. The third kappa shape index (κ3) is 8.72. The Morgan fingerprint density at radius 2 is 1.79 bits per heavy atom. The summed E-state index contributed by atoms with van der Waals surface area (Å²) in [6.45, 7) is 5.38. The number of sulfonamides is 1. The zero-order valence-corrected chi connectivity index (χ0v) is 34.7. The second-order valence-corrected chi connectivity index (χ2v) is 19.6. The molecule has 7 atom stereocenters. The maximum atomic E-state index is 14.9. The number of aromatic nitrogens is 1. The van der Waals surface area contributed by atoms with Crippen LogP contribution in [-0.4, -0.2) is 90.6 Å². The number of Topliss-reactive ketones (excluding diaryl/α,β-unsaturated/α-hetero) is 1. The van der Waals surface area contributed by atoms with Gasteiger partial charge in [-0.1, -0.05) is 44.2 Å². The molecular weight excluding hydrogens is 780 g/mol. The van der Waals surface area contributed by atoms with Crippen LogP contribution in [0, 0.1) is 29.1 Å². The highest BCUT2D eigenvalue weighted by Gasteiger charge is 2.63. The fourth-order valence-corrected chi connectivity index (χ4v) is 9.78. The van der Waals surface area contributed by atoms with Crippen molar-refractivity contribution < 1.29 is 55.0 Å². The molecule has 6 rings (SSSR count). The normalized spacial score (nSPS) is 29.6. The summed E-state index contributed by atoms with van der Waals surface area (Å²) in [4.78, 5) is 62.8. The summed E-state index contributed by atoms with van der Waals surface area (Å²) < 4.78 is 86.8. The molecule has 58 heavy (non-hydrogen) atoms. The van der Waals surface area contributed by atoms with Crippen LogP contribution in [0.5, 0.6) is 11.8 Å². The van der Waals surface area contributed by atoms with Crippen molar-refractivity contribution in [3.05, 3.63) is 42.5 Å². The number of methoxy groups -OCH3 is 1. The lowest BCUT2D eigenvalue weighted by atomic mass is 9.82. The van der Waals surface area contributed by atoms with E-state index in [0.717, 1.165) is 19.2 Å². The molecular formula is C42H54F3N3O9S. The predicted octanol–water partition coefficient (Wildman–Crippen LogP) is 6.50. The Kier molecular flexibility index (Phi) is 12.0. The maximum absolute atomic E-state index is 14.9. The van der Waals surface area contributed by atoms with Crippen LogP contribution in [0.4, 0.5) is 13.2 Å². The van der Waals surface area contributed by atoms with Gasteiger partial charge >= 0.3 is 5.97 Å². The second-order valence-electron chi connectivity index (χ2n) is 17.5. The average molecular weight is 834 g/mol. The van der Waals surface area contributed by atoms with Gasteiger partial charge < -0.3 is 19.1 Å². The Hall–Kier alpha value is -4.21. The molecule has 0 spiro atoms. The lowest BCUT2D eigenvalue weighted by molar-refractivity contribution is -0.197. The van der Waals surface area contributed by atoms with E-state index in [9.17, 15) is 40.8 Å². The van der Waals surface area contributed by atoms with Crippen LogP contribution in [0.1, 0.15) is 92.4 Å². The number of hydrogen-bond donors (Lipinski definition) is 1. The smallest absolute Gasteiger partial charge is 0.307 e. The number of hydrogen-bond acceptors (Lipinski definition) is 10. The molecule has 4 aliphatic rings. The number of esters is 1. The standard InChI is InChI=1S/C42H54F3N3O9S/c1-25-11-7-9-13-28-21-42(28,38(52)47-58(53,54)41(24-43)15-16-41)22-33(49)32-19-29(56-36-30-14-10-8-12-27(30)18-34(46-36)55-6)23-48(32)37(51)31(26(2)17-25)20-35(50)57-39(3,4)40(5,44)45/h8-10,12-14,18,25-26,28-29,31-32H,7,11,15-17,19-24H2,1-6H3,(H,47,52)/b13-9-/t25-,26-,28-,29-,31?,32+,42-/m1/s1. The number of carbonyl (C=O) groups is 4. The van der Waals surface area contributed by atoms with Gasteiger partial charge in [-0.25, -0.2) is 21.6 Å². The molecule has 2 aliphatic carbocycles. The lowest BCUT2D eigenvalue weighted by Gasteiger charge is -2.34. The van der Waals surface area contributed by atoms with Crippen molar-refractivity contribution in [3.63, 3.8) is 0 Å². The highest BCUT2D eigenvalue weighted by Crippen LogP contribution is 2.58. The van der Waals surface area contributed by atoms with Crippen molar-refractivity contribution >= 4 is 44.4 Å². The molecule has 16 heteroatoms. The summed E-state index contributed by atoms with van der Waals surface area (Å²) >= 11 is 0. The molecule has 1 saturated heterocycles. The summed E-state index contributed by atoms with van der Waals surface area (Å²) in [6, 6.07) is 7.86. The largest absolute Gasteiger partial charge is 0.481 e. The van der Waals surface area contributed by atoms with Crippen LogP contribution < -0.4 is 14.2 Å². The number of nitrogens with one attached hydrogen (secondary N) is 1. The van der Waals surface area contributed by atoms with Crippen LogP contribution in [0.15, 0.2) is 42.5 Å². The summed E-state index contributed by atoms with van der Waals surface area (Å²) in [5.41, 5.74) is -3.63. The average Bonchev–Trinajstić information content (AvgIpc) is 4.06. The third-order valence-electron chi connectivity index (χ3n) is 12.8. The predicted molar refractivity (Wildman–Crippen MR) is 208 cm³/mol. The molecule has 2 saturated carbocycles. The molecule has 3 heterocycles. The molecule has 12 nitrogen and oxygen atoms in total. The van der Waals surface area contributed by atoms with E-state index in [4.69, 9.17) is 14.2 Å². The fourth-order valence-electron chi connectivity index (χ4n) is 8.33. The maximum Gasteiger partial charge on any atom is 0.307 e. The Bertz CT molecular complexity index is 2070. The van der Waals surface area contributed by atoms with Crippen LogP contribution in [-0.2, 0) is 33.9 Å². The minimum atomic E-state index is -4.39. The quantitative estimate of drug-likeness (QED) is 0.196. The van der Waals surface area contributed by atoms with Gasteiger partial charge in [-0.05, 0) is 81.6 Å². The van der Waals surface area contributed by atoms with Gasteiger partial charge in [-0.2, -0.15) is 4.98 Å². The summed E-state index contributed by atoms with van der Waals surface area (Å²) in [6.07, 6.45) is 3.98. The number of rotatable bonds is 11. The number of amides is 2. The first-order valence-corrected chi connectivity index (χ1v) is 21.5. The zero-order valence-electron chi connectivity index (χ0n) is 33.9. The summed E-state index contributed by atoms with van der Waals surface area (Å²) in [7, 11) is -2.93. The second kappa shape index (κ2) is 16.1. The lowest BCUT2D eigenvalue weighted by Crippen LogP contribution is -2.49. The zero-order chi connectivity index (χ0) is 42.4. The topological polar surface area (TPSA) is 158 Å². The Balaban J connectivity index is 1.36.